The molecule has 1 saturated heterocycles. The van der Waals surface area contributed by atoms with E-state index in [4.69, 9.17) is 0 Å². The molecule has 19 heavy (non-hydrogen) atoms. The van der Waals surface area contributed by atoms with Gasteiger partial charge in [-0.25, -0.2) is 0 Å². The van der Waals surface area contributed by atoms with Crippen LogP contribution in [0.25, 0.3) is 0 Å². The Morgan fingerprint density at radius 3 is 2.47 bits per heavy atom. The summed E-state index contributed by atoms with van der Waals surface area (Å²) in [6.45, 7) is 3.67. The average molecular weight is 258 g/mol. The molecule has 1 aliphatic heterocycles. The van der Waals surface area contributed by atoms with Crippen molar-refractivity contribution in [3.63, 3.8) is 0 Å². The summed E-state index contributed by atoms with van der Waals surface area (Å²) in [4.78, 5) is 2.10. The fourth-order valence-electron chi connectivity index (χ4n) is 2.87. The van der Waals surface area contributed by atoms with Gasteiger partial charge in [0.15, 0.2) is 0 Å². The summed E-state index contributed by atoms with van der Waals surface area (Å²) in [6, 6.07) is 12.6. The molecule has 0 aromatic heterocycles. The van der Waals surface area contributed by atoms with Gasteiger partial charge in [-0.15, -0.1) is 0 Å². The van der Waals surface area contributed by atoms with Crippen molar-refractivity contribution in [2.45, 2.75) is 44.2 Å². The molecular formula is C16H22N2O. The minimum atomic E-state index is -0.371. The van der Waals surface area contributed by atoms with Gasteiger partial charge in [0.2, 0.25) is 0 Å². The molecule has 1 N–H and O–H groups in total. The third kappa shape index (κ3) is 2.97. The molecule has 1 unspecified atom stereocenters. The van der Waals surface area contributed by atoms with E-state index in [1.54, 1.807) is 0 Å². The Kier molecular flexibility index (Phi) is 4.57. The van der Waals surface area contributed by atoms with Crippen molar-refractivity contribution in [3.05, 3.63) is 35.9 Å². The van der Waals surface area contributed by atoms with Crippen molar-refractivity contribution in [3.8, 4) is 6.07 Å². The minimum Gasteiger partial charge on any atom is -0.378 e. The maximum Gasteiger partial charge on any atom is 0.107 e. The lowest BCUT2D eigenvalue weighted by Gasteiger charge is -2.39. The molecule has 1 aromatic carbocycles. The summed E-state index contributed by atoms with van der Waals surface area (Å²) in [6.07, 6.45) is 3.05. The lowest BCUT2D eigenvalue weighted by atomic mass is 9.74. The third-order valence-electron chi connectivity index (χ3n) is 4.16. The summed E-state index contributed by atoms with van der Waals surface area (Å²) in [5.41, 5.74) is 0.742. The van der Waals surface area contributed by atoms with E-state index in [9.17, 15) is 10.4 Å². The Bertz CT molecular complexity index is 430. The molecule has 1 fully saturated rings. The second-order valence-corrected chi connectivity index (χ2v) is 5.37. The molecule has 0 amide bonds. The first kappa shape index (κ1) is 14.0. The van der Waals surface area contributed by atoms with E-state index < -0.39 is 0 Å². The van der Waals surface area contributed by atoms with E-state index in [0.717, 1.165) is 44.3 Å². The number of rotatable bonds is 4. The number of likely N-dealkylation sites (tertiary alicyclic amines) is 1. The van der Waals surface area contributed by atoms with Crippen LogP contribution >= 0.6 is 0 Å². The number of hydrogen-bond acceptors (Lipinski definition) is 3. The molecule has 1 heterocycles. The summed E-state index contributed by atoms with van der Waals surface area (Å²) in [5, 5.41) is 19.6. The van der Waals surface area contributed by atoms with E-state index >= 15 is 0 Å². The molecule has 0 saturated carbocycles. The van der Waals surface area contributed by atoms with E-state index in [2.05, 4.69) is 17.9 Å². The normalized spacial score (nSPS) is 20.7. The zero-order valence-electron chi connectivity index (χ0n) is 11.5. The highest BCUT2D eigenvalue weighted by Crippen LogP contribution is 2.35. The number of piperidine rings is 1. The number of nitrogens with zero attached hydrogens (tertiary/aromatic N) is 2. The first-order chi connectivity index (χ1) is 9.22. The number of hydrogen-bond donors (Lipinski definition) is 1. The highest BCUT2D eigenvalue weighted by Gasteiger charge is 2.37. The van der Waals surface area contributed by atoms with Gasteiger partial charge in [0.25, 0.3) is 0 Å². The third-order valence-corrected chi connectivity index (χ3v) is 4.16. The van der Waals surface area contributed by atoms with E-state index in [0.29, 0.717) is 0 Å². The monoisotopic (exact) mass is 258 g/mol. The van der Waals surface area contributed by atoms with Crippen LogP contribution in [0.4, 0.5) is 0 Å². The first-order valence-electron chi connectivity index (χ1n) is 7.11. The fourth-order valence-corrected chi connectivity index (χ4v) is 2.87. The molecule has 1 atom stereocenters. The molecule has 3 heteroatoms. The number of aliphatic hydroxyl groups excluding tert-OH is 1. The van der Waals surface area contributed by atoms with Crippen LogP contribution in [0.15, 0.2) is 30.3 Å². The van der Waals surface area contributed by atoms with E-state index in [1.807, 2.05) is 30.3 Å². The molecule has 2 rings (SSSR count). The zero-order valence-corrected chi connectivity index (χ0v) is 11.5. The maximum absolute atomic E-state index is 10.0. The summed E-state index contributed by atoms with van der Waals surface area (Å²) in [5.74, 6) is 0. The van der Waals surface area contributed by atoms with Gasteiger partial charge in [-0.2, -0.15) is 5.26 Å². The summed E-state index contributed by atoms with van der Waals surface area (Å²) in [7, 11) is 0. The van der Waals surface area contributed by atoms with E-state index in [1.165, 1.54) is 0 Å². The highest BCUT2D eigenvalue weighted by molar-refractivity contribution is 5.33. The lowest BCUT2D eigenvalue weighted by Crippen LogP contribution is -2.46. The van der Waals surface area contributed by atoms with Crippen LogP contribution in [0.1, 0.15) is 38.2 Å². The Hall–Kier alpha value is -1.37. The van der Waals surface area contributed by atoms with Crippen LogP contribution in [-0.2, 0) is 5.41 Å². The molecule has 0 spiro atoms. The second-order valence-electron chi connectivity index (χ2n) is 5.37. The van der Waals surface area contributed by atoms with Gasteiger partial charge in [0.1, 0.15) is 6.23 Å². The predicted molar refractivity (Wildman–Crippen MR) is 75.5 cm³/mol. The van der Waals surface area contributed by atoms with Crippen LogP contribution in [0.5, 0.6) is 0 Å². The Labute approximate surface area is 115 Å². The number of aliphatic hydroxyl groups is 1. The topological polar surface area (TPSA) is 47.3 Å². The van der Waals surface area contributed by atoms with Crippen molar-refractivity contribution in [2.75, 3.05) is 13.1 Å². The molecule has 102 valence electrons. The van der Waals surface area contributed by atoms with Crippen molar-refractivity contribution < 1.29 is 5.11 Å². The summed E-state index contributed by atoms with van der Waals surface area (Å²) < 4.78 is 0. The predicted octanol–water partition coefficient (Wildman–Crippen LogP) is 2.66. The van der Waals surface area contributed by atoms with E-state index in [-0.39, 0.29) is 11.6 Å². The van der Waals surface area contributed by atoms with Crippen molar-refractivity contribution in [1.82, 2.24) is 4.90 Å². The van der Waals surface area contributed by atoms with Crippen LogP contribution in [0, 0.1) is 11.3 Å². The highest BCUT2D eigenvalue weighted by atomic mass is 16.3. The van der Waals surface area contributed by atoms with Crippen LogP contribution in [0.3, 0.4) is 0 Å². The lowest BCUT2D eigenvalue weighted by molar-refractivity contribution is -0.0219. The molecule has 0 radical (unpaired) electrons. The Morgan fingerprint density at radius 1 is 1.32 bits per heavy atom. The largest absolute Gasteiger partial charge is 0.378 e. The van der Waals surface area contributed by atoms with Gasteiger partial charge in [-0.3, -0.25) is 4.90 Å². The molecule has 1 aliphatic rings. The van der Waals surface area contributed by atoms with Gasteiger partial charge >= 0.3 is 0 Å². The van der Waals surface area contributed by atoms with Crippen LogP contribution in [0.2, 0.25) is 0 Å². The standard InChI is InChI=1S/C16H22N2O/c1-2-6-15(19)18-11-9-16(13-17,10-12-18)14-7-4-3-5-8-14/h3-5,7-8,15,19H,2,6,9-12H2,1H3. The quantitative estimate of drug-likeness (QED) is 0.903. The SMILES string of the molecule is CCCC(O)N1CCC(C#N)(c2ccccc2)CC1. The summed E-state index contributed by atoms with van der Waals surface area (Å²) >= 11 is 0. The van der Waals surface area contributed by atoms with Crippen LogP contribution in [-0.4, -0.2) is 29.3 Å². The number of nitriles is 1. The number of benzene rings is 1. The molecule has 0 aliphatic carbocycles. The maximum atomic E-state index is 10.0. The van der Waals surface area contributed by atoms with Crippen molar-refractivity contribution >= 4 is 0 Å². The minimum absolute atomic E-state index is 0.350. The average Bonchev–Trinajstić information content (AvgIpc) is 2.48. The Balaban J connectivity index is 2.07. The van der Waals surface area contributed by atoms with Gasteiger partial charge in [-0.05, 0) is 24.8 Å². The molecule has 3 nitrogen and oxygen atoms in total. The second kappa shape index (κ2) is 6.18. The molecule has 1 aromatic rings. The van der Waals surface area contributed by atoms with Gasteiger partial charge < -0.3 is 5.11 Å². The zero-order chi connectivity index (χ0) is 13.7. The van der Waals surface area contributed by atoms with Gasteiger partial charge in [0, 0.05) is 13.1 Å². The van der Waals surface area contributed by atoms with Crippen molar-refractivity contribution in [2.24, 2.45) is 0 Å². The molecular weight excluding hydrogens is 236 g/mol. The van der Waals surface area contributed by atoms with Gasteiger partial charge in [0.05, 0.1) is 11.5 Å². The van der Waals surface area contributed by atoms with Crippen LogP contribution < -0.4 is 0 Å². The van der Waals surface area contributed by atoms with Gasteiger partial charge in [-0.1, -0.05) is 43.7 Å². The fraction of sp³-hybridized carbons (Fsp3) is 0.562. The smallest absolute Gasteiger partial charge is 0.107 e. The van der Waals surface area contributed by atoms with Crippen molar-refractivity contribution in [1.29, 1.82) is 5.26 Å². The Morgan fingerprint density at radius 2 is 1.95 bits per heavy atom. The molecule has 0 bridgehead atoms. The first-order valence-corrected chi connectivity index (χ1v) is 7.11.